The molecule has 5 nitrogen and oxygen atoms in total. The molecule has 0 bridgehead atoms. The van der Waals surface area contributed by atoms with Gasteiger partial charge < -0.3 is 15.7 Å². The quantitative estimate of drug-likeness (QED) is 0.347. The lowest BCUT2D eigenvalue weighted by Gasteiger charge is -2.48. The monoisotopic (exact) mass is 476 g/mol. The lowest BCUT2D eigenvalue weighted by Crippen LogP contribution is -2.51. The Morgan fingerprint density at radius 1 is 1.41 bits per heavy atom. The number of rotatable bonds is 3. The molecule has 0 aliphatic heterocycles. The van der Waals surface area contributed by atoms with E-state index in [9.17, 15) is 14.7 Å². The molecule has 3 aliphatic carbocycles. The van der Waals surface area contributed by atoms with Crippen molar-refractivity contribution in [3.05, 3.63) is 52.1 Å². The highest BCUT2D eigenvalue weighted by molar-refractivity contribution is 7.83. The van der Waals surface area contributed by atoms with Gasteiger partial charge in [-0.1, -0.05) is 31.4 Å². The molecule has 0 saturated heterocycles. The van der Waals surface area contributed by atoms with Gasteiger partial charge in [-0.05, 0) is 72.8 Å². The molecule has 2 unspecified atom stereocenters. The minimum absolute atomic E-state index is 0.0256. The normalized spacial score (nSPS) is 25.5. The van der Waals surface area contributed by atoms with Crippen molar-refractivity contribution < 1.29 is 14.7 Å². The highest BCUT2D eigenvalue weighted by Gasteiger charge is 2.54. The summed E-state index contributed by atoms with van der Waals surface area (Å²) in [7, 11) is 3.98. The van der Waals surface area contributed by atoms with E-state index in [0.29, 0.717) is 23.1 Å². The number of aromatic hydroxyl groups is 1. The molecule has 0 spiro atoms. The fraction of sp³-hybridized carbons (Fsp3) is 0.429. The minimum Gasteiger partial charge on any atom is -0.506 e. The predicted octanol–water partition coefficient (Wildman–Crippen LogP) is 4.18. The van der Waals surface area contributed by atoms with Gasteiger partial charge in [0.15, 0.2) is 5.78 Å². The van der Waals surface area contributed by atoms with Gasteiger partial charge in [0.1, 0.15) is 10.5 Å². The average molecular weight is 477 g/mol. The molecule has 3 aliphatic rings. The molecule has 0 radical (unpaired) electrons. The Labute approximate surface area is 207 Å². The van der Waals surface area contributed by atoms with Gasteiger partial charge >= 0.3 is 0 Å². The van der Waals surface area contributed by atoms with E-state index in [1.165, 1.54) is 0 Å². The van der Waals surface area contributed by atoms with Crippen LogP contribution in [-0.2, 0) is 16.0 Å². The van der Waals surface area contributed by atoms with Crippen molar-refractivity contribution in [3.8, 4) is 17.6 Å². The number of phenolic OH excluding ortho intramolecular Hbond substituents is 1. The number of hydrogen-bond donors (Lipinski definition) is 3. The van der Waals surface area contributed by atoms with Crippen LogP contribution in [0.5, 0.6) is 5.75 Å². The van der Waals surface area contributed by atoms with Gasteiger partial charge in [-0.2, -0.15) is 12.6 Å². The van der Waals surface area contributed by atoms with Crippen LogP contribution >= 0.6 is 12.6 Å². The molecule has 6 heteroatoms. The Kier molecular flexibility index (Phi) is 6.20. The summed E-state index contributed by atoms with van der Waals surface area (Å²) in [5.74, 6) is 5.46. The lowest BCUT2D eigenvalue weighted by molar-refractivity contribution is -0.123. The molecule has 1 aromatic carbocycles. The van der Waals surface area contributed by atoms with Crippen molar-refractivity contribution in [1.29, 1.82) is 0 Å². The lowest BCUT2D eigenvalue weighted by atomic mass is 9.59. The van der Waals surface area contributed by atoms with E-state index in [4.69, 9.17) is 18.4 Å². The second-order valence-electron chi connectivity index (χ2n) is 9.76. The maximum Gasteiger partial charge on any atom is 0.252 e. The van der Waals surface area contributed by atoms with Gasteiger partial charge in [-0.3, -0.25) is 9.59 Å². The summed E-state index contributed by atoms with van der Waals surface area (Å²) in [6.07, 6.45) is 5.42. The molecular weight excluding hydrogens is 444 g/mol. The van der Waals surface area contributed by atoms with Gasteiger partial charge in [0.25, 0.3) is 5.91 Å². The number of allylic oxidation sites excluding steroid dienone is 3. The zero-order valence-electron chi connectivity index (χ0n) is 20.3. The summed E-state index contributed by atoms with van der Waals surface area (Å²) in [5.41, 5.74) is 11.3. The van der Waals surface area contributed by atoms with Crippen molar-refractivity contribution in [2.24, 2.45) is 17.6 Å². The largest absolute Gasteiger partial charge is 0.506 e. The van der Waals surface area contributed by atoms with Crippen LogP contribution in [0.15, 0.2) is 35.4 Å². The number of nitrogens with zero attached hydrogens (tertiary/aromatic N) is 1. The number of unbranched alkanes of at least 4 members (excludes halogenated alkanes) is 1. The third-order valence-electron chi connectivity index (χ3n) is 7.55. The smallest absolute Gasteiger partial charge is 0.252 e. The number of hydrogen-bond acceptors (Lipinski definition) is 5. The Morgan fingerprint density at radius 2 is 2.12 bits per heavy atom. The third kappa shape index (κ3) is 3.49. The molecule has 4 rings (SSSR count). The van der Waals surface area contributed by atoms with Crippen molar-refractivity contribution >= 4 is 35.6 Å². The molecule has 1 aromatic rings. The second-order valence-corrected chi connectivity index (χ2v) is 10.5. The highest BCUT2D eigenvalue weighted by atomic mass is 32.1. The van der Waals surface area contributed by atoms with Crippen molar-refractivity contribution in [1.82, 2.24) is 0 Å². The van der Waals surface area contributed by atoms with Gasteiger partial charge in [0.05, 0.1) is 11.1 Å². The molecule has 0 aromatic heterocycles. The fourth-order valence-corrected chi connectivity index (χ4v) is 6.34. The first kappa shape index (κ1) is 24.2. The number of anilines is 1. The molecule has 3 N–H and O–H groups in total. The van der Waals surface area contributed by atoms with Crippen molar-refractivity contribution in [2.45, 2.75) is 50.7 Å². The van der Waals surface area contributed by atoms with E-state index in [-0.39, 0.29) is 28.9 Å². The summed E-state index contributed by atoms with van der Waals surface area (Å²) >= 11 is 4.91. The zero-order chi connectivity index (χ0) is 24.9. The second kappa shape index (κ2) is 8.70. The number of fused-ring (bicyclic) bond motifs is 3. The van der Waals surface area contributed by atoms with Crippen LogP contribution < -0.4 is 10.6 Å². The standard InChI is InChI=1S/C28H32N2O3S/c1-6-7-8-9-17-14-22(30(4)5)21-13-18-12-19-10-11-20(27(29)33)26(32)28(19,34)16(3)23(18)15(2)24(21)25(17)31/h11,14,18-19,31,34H,2,6-7,10,12-13H2,1,3-5H3,(H2,29,33)/t18?,19?,28-/m1/s1. The summed E-state index contributed by atoms with van der Waals surface area (Å²) in [4.78, 5) is 27.3. The number of carbonyl (C=O) groups excluding carboxylic acids is 2. The van der Waals surface area contributed by atoms with Gasteiger partial charge in [-0.25, -0.2) is 0 Å². The number of carbonyl (C=O) groups is 2. The predicted molar refractivity (Wildman–Crippen MR) is 140 cm³/mol. The Balaban J connectivity index is 1.91. The maximum absolute atomic E-state index is 13.4. The van der Waals surface area contributed by atoms with Crippen LogP contribution in [0.25, 0.3) is 5.57 Å². The number of benzene rings is 1. The number of ketones is 1. The molecule has 0 heterocycles. The molecule has 3 atom stereocenters. The molecule has 0 saturated carbocycles. The first-order valence-electron chi connectivity index (χ1n) is 11.8. The zero-order valence-corrected chi connectivity index (χ0v) is 21.2. The van der Waals surface area contributed by atoms with Crippen LogP contribution in [0.2, 0.25) is 0 Å². The molecule has 0 fully saturated rings. The Bertz CT molecular complexity index is 1240. The van der Waals surface area contributed by atoms with E-state index < -0.39 is 10.7 Å². The number of phenols is 1. The van der Waals surface area contributed by atoms with Crippen LogP contribution in [0, 0.1) is 23.7 Å². The number of amides is 1. The number of thiol groups is 1. The number of nitrogens with two attached hydrogens (primary N) is 1. The van der Waals surface area contributed by atoms with Crippen molar-refractivity contribution in [3.63, 3.8) is 0 Å². The number of primary amides is 1. The van der Waals surface area contributed by atoms with E-state index >= 15 is 0 Å². The van der Waals surface area contributed by atoms with E-state index in [2.05, 4.69) is 30.2 Å². The molecule has 34 heavy (non-hydrogen) atoms. The Hall–Kier alpha value is -2.91. The van der Waals surface area contributed by atoms with Gasteiger partial charge in [0.2, 0.25) is 0 Å². The fourth-order valence-electron chi connectivity index (χ4n) is 5.89. The van der Waals surface area contributed by atoms with Gasteiger partial charge in [-0.15, -0.1) is 0 Å². The molecule has 1 amide bonds. The SMILES string of the molecule is C=C1C2=C(C)[C@]3(S)C(=O)C(C(N)=O)=CCC3CC2Cc2c(N(C)C)cc(C#CCCC)c(O)c21. The van der Waals surface area contributed by atoms with E-state index in [1.54, 1.807) is 6.08 Å². The first-order valence-corrected chi connectivity index (χ1v) is 12.2. The van der Waals surface area contributed by atoms with E-state index in [1.807, 2.05) is 27.1 Å². The maximum atomic E-state index is 13.4. The summed E-state index contributed by atoms with van der Waals surface area (Å²) in [6, 6.07) is 1.96. The average Bonchev–Trinajstić information content (AvgIpc) is 2.77. The van der Waals surface area contributed by atoms with Crippen LogP contribution in [0.3, 0.4) is 0 Å². The topological polar surface area (TPSA) is 83.6 Å². The van der Waals surface area contributed by atoms with Crippen LogP contribution in [0.1, 0.15) is 56.2 Å². The molecular formula is C28H32N2O3S. The summed E-state index contributed by atoms with van der Waals surface area (Å²) < 4.78 is -1.11. The van der Waals surface area contributed by atoms with Crippen molar-refractivity contribution in [2.75, 3.05) is 19.0 Å². The molecule has 178 valence electrons. The summed E-state index contributed by atoms with van der Waals surface area (Å²) in [6.45, 7) is 8.38. The third-order valence-corrected chi connectivity index (χ3v) is 8.45. The minimum atomic E-state index is -1.11. The highest BCUT2D eigenvalue weighted by Crippen LogP contribution is 2.57. The van der Waals surface area contributed by atoms with Crippen LogP contribution in [0.4, 0.5) is 5.69 Å². The Morgan fingerprint density at radius 3 is 2.74 bits per heavy atom. The van der Waals surface area contributed by atoms with Gasteiger partial charge in [0, 0.05) is 31.8 Å². The van der Waals surface area contributed by atoms with Crippen LogP contribution in [-0.4, -0.2) is 35.6 Å². The summed E-state index contributed by atoms with van der Waals surface area (Å²) in [5, 5.41) is 11.3. The first-order chi connectivity index (χ1) is 16.0. The van der Waals surface area contributed by atoms with E-state index in [0.717, 1.165) is 48.1 Å². The number of Topliss-reactive ketones (excluding diaryl/α,β-unsaturated/α-hetero) is 1.